The maximum Gasteiger partial charge on any atom is 0.342 e. The molecule has 0 aliphatic carbocycles. The minimum atomic E-state index is -0.776. The van der Waals surface area contributed by atoms with Crippen molar-refractivity contribution in [3.63, 3.8) is 0 Å². The van der Waals surface area contributed by atoms with Gasteiger partial charge in [-0.3, -0.25) is 14.6 Å². The van der Waals surface area contributed by atoms with E-state index in [-0.39, 0.29) is 5.82 Å². The quantitative estimate of drug-likeness (QED) is 0.303. The summed E-state index contributed by atoms with van der Waals surface area (Å²) in [6.07, 6.45) is 1.53. The second kappa shape index (κ2) is 7.67. The number of rotatable bonds is 5. The molecule has 0 radical (unpaired) electrons. The Labute approximate surface area is 143 Å². The van der Waals surface area contributed by atoms with Gasteiger partial charge in [0, 0.05) is 9.13 Å². The molecular weight excluding hydrogens is 415 g/mol. The summed E-state index contributed by atoms with van der Waals surface area (Å²) < 4.78 is 0.998. The molecule has 2 rings (SSSR count). The van der Waals surface area contributed by atoms with Crippen molar-refractivity contribution in [2.75, 3.05) is 5.32 Å². The number of hydrogen-bond donors (Lipinski definition) is 4. The van der Waals surface area contributed by atoms with E-state index in [0.29, 0.717) is 0 Å². The third kappa shape index (κ3) is 4.74. The molecular formula is C13H13IN6O3. The highest BCUT2D eigenvalue weighted by molar-refractivity contribution is 14.1. The van der Waals surface area contributed by atoms with Gasteiger partial charge in [0.05, 0.1) is 6.21 Å². The van der Waals surface area contributed by atoms with Gasteiger partial charge in [0.15, 0.2) is 0 Å². The minimum Gasteiger partial charge on any atom is -0.353 e. The first kappa shape index (κ1) is 16.9. The van der Waals surface area contributed by atoms with Crippen molar-refractivity contribution in [1.29, 1.82) is 0 Å². The van der Waals surface area contributed by atoms with E-state index in [4.69, 9.17) is 0 Å². The number of H-pyrrole nitrogens is 2. The van der Waals surface area contributed by atoms with Gasteiger partial charge in [0.2, 0.25) is 5.82 Å². The van der Waals surface area contributed by atoms with Crippen LogP contribution in [0, 0.1) is 3.57 Å². The van der Waals surface area contributed by atoms with E-state index in [9.17, 15) is 14.4 Å². The Morgan fingerprint density at radius 3 is 2.83 bits per heavy atom. The van der Waals surface area contributed by atoms with Crippen LogP contribution in [0.3, 0.4) is 0 Å². The van der Waals surface area contributed by atoms with E-state index >= 15 is 0 Å². The summed E-state index contributed by atoms with van der Waals surface area (Å²) in [5.41, 5.74) is 1.80. The number of anilines is 1. The molecule has 1 heterocycles. The molecule has 0 aliphatic heterocycles. The van der Waals surface area contributed by atoms with Gasteiger partial charge in [0.25, 0.3) is 11.5 Å². The highest BCUT2D eigenvalue weighted by Crippen LogP contribution is 2.08. The lowest BCUT2D eigenvalue weighted by Crippen LogP contribution is -2.38. The van der Waals surface area contributed by atoms with Crippen LogP contribution in [0.4, 0.5) is 5.82 Å². The number of halogens is 1. The first-order valence-corrected chi connectivity index (χ1v) is 7.58. The zero-order valence-corrected chi connectivity index (χ0v) is 14.1. The Hall–Kier alpha value is -2.50. The lowest BCUT2D eigenvalue weighted by atomic mass is 10.2. The number of carbonyl (C=O) groups is 1. The molecule has 2 aromatic rings. The standard InChI is InChI=1S/C13H13IN6O3/c1-7(16-10-12(22)17-13(23)20-18-10)11(21)19-15-6-8-4-2-3-5-9(8)14/h2-7H,1H3,(H,16,18)(H,19,21)(H2,17,20,22,23)/b15-6-/t7-/m0/s1. The SMILES string of the molecule is C[C@H](Nc1n[nH]c(=O)[nH]c1=O)C(=O)N/N=C\c1ccccc1I. The van der Waals surface area contributed by atoms with E-state index in [1.54, 1.807) is 0 Å². The molecule has 0 fully saturated rings. The van der Waals surface area contributed by atoms with Gasteiger partial charge in [-0.1, -0.05) is 18.2 Å². The van der Waals surface area contributed by atoms with E-state index in [1.165, 1.54) is 13.1 Å². The number of benzene rings is 1. The third-order valence-corrected chi connectivity index (χ3v) is 3.72. The summed E-state index contributed by atoms with van der Waals surface area (Å²) in [5, 5.41) is 12.1. The molecule has 1 aromatic carbocycles. The molecule has 0 bridgehead atoms. The maximum absolute atomic E-state index is 11.9. The average Bonchev–Trinajstić information content (AvgIpc) is 2.51. The van der Waals surface area contributed by atoms with Crippen LogP contribution < -0.4 is 22.0 Å². The summed E-state index contributed by atoms with van der Waals surface area (Å²) in [6.45, 7) is 1.53. The fraction of sp³-hybridized carbons (Fsp3) is 0.154. The average molecular weight is 428 g/mol. The number of hydrogen-bond acceptors (Lipinski definition) is 6. The number of nitrogens with zero attached hydrogens (tertiary/aromatic N) is 2. The van der Waals surface area contributed by atoms with Gasteiger partial charge in [-0.2, -0.15) is 5.10 Å². The Bertz CT molecular complexity index is 844. The maximum atomic E-state index is 11.9. The molecule has 0 unspecified atom stereocenters. The van der Waals surface area contributed by atoms with Crippen molar-refractivity contribution < 1.29 is 4.79 Å². The number of hydrazone groups is 1. The summed E-state index contributed by atoms with van der Waals surface area (Å²) in [5.74, 6) is -0.617. The van der Waals surface area contributed by atoms with Crippen LogP contribution in [0.25, 0.3) is 0 Å². The van der Waals surface area contributed by atoms with Crippen LogP contribution in [0.5, 0.6) is 0 Å². The fourth-order valence-electron chi connectivity index (χ4n) is 1.56. The van der Waals surface area contributed by atoms with Gasteiger partial charge in [-0.05, 0) is 35.6 Å². The Morgan fingerprint density at radius 2 is 2.13 bits per heavy atom. The van der Waals surface area contributed by atoms with Crippen LogP contribution >= 0.6 is 22.6 Å². The predicted molar refractivity (Wildman–Crippen MR) is 93.5 cm³/mol. The topological polar surface area (TPSA) is 132 Å². The number of aromatic nitrogens is 3. The highest BCUT2D eigenvalue weighted by Gasteiger charge is 2.14. The zero-order valence-electron chi connectivity index (χ0n) is 12.0. The molecule has 23 heavy (non-hydrogen) atoms. The largest absolute Gasteiger partial charge is 0.353 e. The van der Waals surface area contributed by atoms with Crippen LogP contribution in [0.2, 0.25) is 0 Å². The van der Waals surface area contributed by atoms with E-state index < -0.39 is 23.2 Å². The van der Waals surface area contributed by atoms with E-state index in [0.717, 1.165) is 9.13 Å². The molecule has 0 saturated carbocycles. The Balaban J connectivity index is 1.96. The van der Waals surface area contributed by atoms with Crippen molar-refractivity contribution in [2.45, 2.75) is 13.0 Å². The van der Waals surface area contributed by atoms with Crippen LogP contribution in [-0.4, -0.2) is 33.3 Å². The van der Waals surface area contributed by atoms with Crippen LogP contribution in [0.1, 0.15) is 12.5 Å². The zero-order chi connectivity index (χ0) is 16.8. The summed E-state index contributed by atoms with van der Waals surface area (Å²) in [4.78, 5) is 36.2. The predicted octanol–water partition coefficient (Wildman–Crippen LogP) is 0.0135. The third-order valence-electron chi connectivity index (χ3n) is 2.74. The molecule has 4 N–H and O–H groups in total. The molecule has 1 amide bonds. The molecule has 1 aromatic heterocycles. The van der Waals surface area contributed by atoms with Gasteiger partial charge in [0.1, 0.15) is 6.04 Å². The summed E-state index contributed by atoms with van der Waals surface area (Å²) in [7, 11) is 0. The second-order valence-electron chi connectivity index (χ2n) is 4.48. The Morgan fingerprint density at radius 1 is 1.39 bits per heavy atom. The first-order chi connectivity index (χ1) is 11.0. The normalized spacial score (nSPS) is 12.1. The van der Waals surface area contributed by atoms with Crippen molar-refractivity contribution in [1.82, 2.24) is 20.6 Å². The number of carbonyl (C=O) groups excluding carboxylic acids is 1. The van der Waals surface area contributed by atoms with Gasteiger partial charge in [-0.25, -0.2) is 15.3 Å². The highest BCUT2D eigenvalue weighted by atomic mass is 127. The first-order valence-electron chi connectivity index (χ1n) is 6.50. The molecule has 0 aliphatic rings. The molecule has 120 valence electrons. The van der Waals surface area contributed by atoms with Crippen molar-refractivity contribution >= 4 is 40.5 Å². The van der Waals surface area contributed by atoms with Gasteiger partial charge >= 0.3 is 5.69 Å². The monoisotopic (exact) mass is 428 g/mol. The summed E-state index contributed by atoms with van der Waals surface area (Å²) >= 11 is 2.16. The van der Waals surface area contributed by atoms with E-state index in [2.05, 4.69) is 48.6 Å². The summed E-state index contributed by atoms with van der Waals surface area (Å²) in [6, 6.07) is 6.77. The smallest absolute Gasteiger partial charge is 0.342 e. The van der Waals surface area contributed by atoms with Crippen molar-refractivity contribution in [3.05, 3.63) is 54.2 Å². The van der Waals surface area contributed by atoms with E-state index in [1.807, 2.05) is 29.2 Å². The molecule has 1 atom stereocenters. The lowest BCUT2D eigenvalue weighted by molar-refractivity contribution is -0.121. The molecule has 10 heteroatoms. The Kier molecular flexibility index (Phi) is 5.62. The van der Waals surface area contributed by atoms with Crippen LogP contribution in [-0.2, 0) is 4.79 Å². The number of amides is 1. The van der Waals surface area contributed by atoms with Crippen molar-refractivity contribution in [3.8, 4) is 0 Å². The molecule has 9 nitrogen and oxygen atoms in total. The fourth-order valence-corrected chi connectivity index (χ4v) is 2.08. The molecule has 0 saturated heterocycles. The lowest BCUT2D eigenvalue weighted by Gasteiger charge is -2.11. The molecule has 0 spiro atoms. The van der Waals surface area contributed by atoms with Crippen LogP contribution in [0.15, 0.2) is 39.0 Å². The van der Waals surface area contributed by atoms with Gasteiger partial charge < -0.3 is 5.32 Å². The van der Waals surface area contributed by atoms with Gasteiger partial charge in [-0.15, -0.1) is 5.10 Å². The number of aromatic amines is 2. The van der Waals surface area contributed by atoms with Crippen molar-refractivity contribution in [2.24, 2.45) is 5.10 Å². The second-order valence-corrected chi connectivity index (χ2v) is 5.64. The minimum absolute atomic E-state index is 0.158. The number of nitrogens with one attached hydrogen (secondary N) is 4.